The number of hydrogen-bond donors (Lipinski definition) is 3. The molecule has 2 saturated heterocycles. The third-order valence-electron chi connectivity index (χ3n) is 3.88. The summed E-state index contributed by atoms with van der Waals surface area (Å²) in [5.74, 6) is 0. The van der Waals surface area contributed by atoms with Crippen LogP contribution in [0, 0.1) is 0 Å². The lowest BCUT2D eigenvalue weighted by Gasteiger charge is -2.34. The molecular formula is C13H30N4. The van der Waals surface area contributed by atoms with Gasteiger partial charge in [0.1, 0.15) is 0 Å². The molecule has 2 rings (SSSR count). The van der Waals surface area contributed by atoms with Gasteiger partial charge in [0.2, 0.25) is 0 Å². The second-order valence-electron chi connectivity index (χ2n) is 6.36. The van der Waals surface area contributed by atoms with Gasteiger partial charge in [0.15, 0.2) is 0 Å². The Hall–Kier alpha value is -0.160. The summed E-state index contributed by atoms with van der Waals surface area (Å²) in [6.45, 7) is 8.76. The zero-order valence-corrected chi connectivity index (χ0v) is 11.8. The summed E-state index contributed by atoms with van der Waals surface area (Å²) in [4.78, 5) is 2.33. The van der Waals surface area contributed by atoms with Crippen molar-refractivity contribution in [3.63, 3.8) is 0 Å². The quantitative estimate of drug-likeness (QED) is 0.579. The standard InChI is InChI=1S/C7H16N2.C6H14N2/c1-7(8)3-5-9(2)6-4-7;1-6(7)2-4-8-5-3-6/h3-6,8H2,1-2H3;8H,2-5,7H2,1H3. The second kappa shape index (κ2) is 6.14. The van der Waals surface area contributed by atoms with E-state index in [0.717, 1.165) is 51.9 Å². The molecule has 4 nitrogen and oxygen atoms in total. The molecular weight excluding hydrogens is 212 g/mol. The minimum absolute atomic E-state index is 0.116. The van der Waals surface area contributed by atoms with E-state index < -0.39 is 0 Å². The fourth-order valence-electron chi connectivity index (χ4n) is 2.13. The van der Waals surface area contributed by atoms with Gasteiger partial charge in [-0.2, -0.15) is 0 Å². The summed E-state index contributed by atoms with van der Waals surface area (Å²) >= 11 is 0. The fraction of sp³-hybridized carbons (Fsp3) is 1.00. The summed E-state index contributed by atoms with van der Waals surface area (Å²) in [6, 6.07) is 0. The smallest absolute Gasteiger partial charge is 0.0150 e. The van der Waals surface area contributed by atoms with Crippen molar-refractivity contribution in [3.05, 3.63) is 0 Å². The van der Waals surface area contributed by atoms with Crippen molar-refractivity contribution in [2.45, 2.75) is 50.6 Å². The maximum absolute atomic E-state index is 5.91. The molecule has 2 fully saturated rings. The van der Waals surface area contributed by atoms with Crippen LogP contribution in [0.2, 0.25) is 0 Å². The Balaban J connectivity index is 0.000000171. The third kappa shape index (κ3) is 6.36. The van der Waals surface area contributed by atoms with Crippen molar-refractivity contribution in [1.29, 1.82) is 0 Å². The maximum Gasteiger partial charge on any atom is 0.0150 e. The van der Waals surface area contributed by atoms with Gasteiger partial charge in [-0.3, -0.25) is 0 Å². The van der Waals surface area contributed by atoms with Crippen molar-refractivity contribution >= 4 is 0 Å². The fourth-order valence-corrected chi connectivity index (χ4v) is 2.13. The first-order chi connectivity index (χ1) is 7.81. The molecule has 0 aromatic carbocycles. The Kier molecular flexibility index (Phi) is 5.38. The average molecular weight is 242 g/mol. The number of nitrogens with one attached hydrogen (secondary N) is 1. The Morgan fingerprint density at radius 3 is 1.59 bits per heavy atom. The first-order valence-corrected chi connectivity index (χ1v) is 6.78. The average Bonchev–Trinajstić information content (AvgIpc) is 2.23. The summed E-state index contributed by atoms with van der Waals surface area (Å²) in [5.41, 5.74) is 12.0. The summed E-state index contributed by atoms with van der Waals surface area (Å²) in [7, 11) is 2.15. The predicted octanol–water partition coefficient (Wildman–Crippen LogP) is 0.517. The molecule has 0 aromatic rings. The SMILES string of the molecule is CC1(N)CCNCC1.CN1CCC(C)(N)CC1. The molecule has 2 heterocycles. The molecule has 0 amide bonds. The van der Waals surface area contributed by atoms with Crippen molar-refractivity contribution in [2.75, 3.05) is 33.2 Å². The monoisotopic (exact) mass is 242 g/mol. The van der Waals surface area contributed by atoms with Gasteiger partial charge in [-0.25, -0.2) is 0 Å². The van der Waals surface area contributed by atoms with E-state index in [0.29, 0.717) is 0 Å². The highest BCUT2D eigenvalue weighted by atomic mass is 15.1. The first-order valence-electron chi connectivity index (χ1n) is 6.78. The molecule has 102 valence electrons. The van der Waals surface area contributed by atoms with Crippen LogP contribution in [0.25, 0.3) is 0 Å². The lowest BCUT2D eigenvalue weighted by Crippen LogP contribution is -2.46. The molecule has 2 aliphatic rings. The van der Waals surface area contributed by atoms with Crippen LogP contribution in [0.3, 0.4) is 0 Å². The van der Waals surface area contributed by atoms with E-state index >= 15 is 0 Å². The van der Waals surface area contributed by atoms with E-state index in [4.69, 9.17) is 11.5 Å². The molecule has 0 aromatic heterocycles. The van der Waals surface area contributed by atoms with Crippen LogP contribution in [-0.4, -0.2) is 49.2 Å². The van der Waals surface area contributed by atoms with Crippen molar-refractivity contribution in [2.24, 2.45) is 11.5 Å². The highest BCUT2D eigenvalue weighted by Gasteiger charge is 2.23. The Morgan fingerprint density at radius 2 is 1.29 bits per heavy atom. The van der Waals surface area contributed by atoms with Gasteiger partial charge in [0.25, 0.3) is 0 Å². The van der Waals surface area contributed by atoms with Crippen LogP contribution >= 0.6 is 0 Å². The zero-order valence-electron chi connectivity index (χ0n) is 11.8. The molecule has 17 heavy (non-hydrogen) atoms. The van der Waals surface area contributed by atoms with E-state index in [1.165, 1.54) is 0 Å². The van der Waals surface area contributed by atoms with Crippen LogP contribution in [0.1, 0.15) is 39.5 Å². The molecule has 0 bridgehead atoms. The number of rotatable bonds is 0. The Bertz CT molecular complexity index is 207. The number of likely N-dealkylation sites (tertiary alicyclic amines) is 1. The largest absolute Gasteiger partial charge is 0.325 e. The van der Waals surface area contributed by atoms with Crippen LogP contribution in [0.15, 0.2) is 0 Å². The lowest BCUT2D eigenvalue weighted by molar-refractivity contribution is 0.203. The van der Waals surface area contributed by atoms with Gasteiger partial charge in [-0.05, 0) is 72.8 Å². The minimum Gasteiger partial charge on any atom is -0.325 e. The van der Waals surface area contributed by atoms with E-state index in [1.54, 1.807) is 0 Å². The molecule has 0 saturated carbocycles. The van der Waals surface area contributed by atoms with Crippen LogP contribution in [0.5, 0.6) is 0 Å². The zero-order chi connectivity index (χ0) is 12.9. The molecule has 0 spiro atoms. The predicted molar refractivity (Wildman–Crippen MR) is 74.0 cm³/mol. The Morgan fingerprint density at radius 1 is 0.882 bits per heavy atom. The van der Waals surface area contributed by atoms with Crippen LogP contribution < -0.4 is 16.8 Å². The second-order valence-corrected chi connectivity index (χ2v) is 6.36. The van der Waals surface area contributed by atoms with Gasteiger partial charge in [0.05, 0.1) is 0 Å². The third-order valence-corrected chi connectivity index (χ3v) is 3.88. The first kappa shape index (κ1) is 14.9. The van der Waals surface area contributed by atoms with Gasteiger partial charge >= 0.3 is 0 Å². The summed E-state index contributed by atoms with van der Waals surface area (Å²) < 4.78 is 0. The number of nitrogens with two attached hydrogens (primary N) is 2. The van der Waals surface area contributed by atoms with Gasteiger partial charge in [-0.1, -0.05) is 0 Å². The topological polar surface area (TPSA) is 67.3 Å². The molecule has 5 N–H and O–H groups in total. The highest BCUT2D eigenvalue weighted by Crippen LogP contribution is 2.16. The van der Waals surface area contributed by atoms with E-state index in [1.807, 2.05) is 0 Å². The van der Waals surface area contributed by atoms with Crippen molar-refractivity contribution in [1.82, 2.24) is 10.2 Å². The molecule has 0 radical (unpaired) electrons. The number of hydrogen-bond acceptors (Lipinski definition) is 4. The van der Waals surface area contributed by atoms with Gasteiger partial charge in [0, 0.05) is 11.1 Å². The molecule has 2 aliphatic heterocycles. The van der Waals surface area contributed by atoms with Crippen molar-refractivity contribution in [3.8, 4) is 0 Å². The van der Waals surface area contributed by atoms with E-state index in [2.05, 4.69) is 31.1 Å². The van der Waals surface area contributed by atoms with E-state index in [-0.39, 0.29) is 11.1 Å². The van der Waals surface area contributed by atoms with Crippen molar-refractivity contribution < 1.29 is 0 Å². The van der Waals surface area contributed by atoms with Crippen LogP contribution in [-0.2, 0) is 0 Å². The highest BCUT2D eigenvalue weighted by molar-refractivity contribution is 4.84. The Labute approximate surface area is 106 Å². The normalized spacial score (nSPS) is 28.1. The molecule has 0 aliphatic carbocycles. The van der Waals surface area contributed by atoms with Gasteiger partial charge in [-0.15, -0.1) is 0 Å². The van der Waals surface area contributed by atoms with Gasteiger partial charge < -0.3 is 21.7 Å². The molecule has 4 heteroatoms. The number of nitrogens with zero attached hydrogens (tertiary/aromatic N) is 1. The summed E-state index contributed by atoms with van der Waals surface area (Å²) in [5, 5.41) is 3.26. The number of piperidine rings is 2. The molecule has 0 atom stereocenters. The molecule has 0 unspecified atom stereocenters. The van der Waals surface area contributed by atoms with Crippen LogP contribution in [0.4, 0.5) is 0 Å². The maximum atomic E-state index is 5.91. The van der Waals surface area contributed by atoms with E-state index in [9.17, 15) is 0 Å². The summed E-state index contributed by atoms with van der Waals surface area (Å²) in [6.07, 6.45) is 4.52. The minimum atomic E-state index is 0.116. The lowest BCUT2D eigenvalue weighted by atomic mass is 9.91.